The summed E-state index contributed by atoms with van der Waals surface area (Å²) in [6.07, 6.45) is 3.50. The molecule has 2 aromatic heterocycles. The Bertz CT molecular complexity index is 1160. The number of halogens is 2. The number of fused-ring (bicyclic) bond motifs is 1. The molecule has 4 aromatic rings. The van der Waals surface area contributed by atoms with E-state index in [1.165, 1.54) is 16.8 Å². The normalized spacial score (nSPS) is 14.1. The van der Waals surface area contributed by atoms with Gasteiger partial charge in [-0.3, -0.25) is 0 Å². The lowest BCUT2D eigenvalue weighted by Crippen LogP contribution is -1.98. The van der Waals surface area contributed by atoms with Crippen LogP contribution < -0.4 is 0 Å². The summed E-state index contributed by atoms with van der Waals surface area (Å²) in [5.74, 6) is 0.705. The van der Waals surface area contributed by atoms with E-state index in [4.69, 9.17) is 11.6 Å². The SMILES string of the molecule is Oc1c(CCc2ccc(F)cc2)c(C2CC2)nn1-c1nc2cc(Cl)ccc2[nH]1. The van der Waals surface area contributed by atoms with E-state index >= 15 is 0 Å². The molecule has 0 amide bonds. The van der Waals surface area contributed by atoms with Crippen LogP contribution in [0.2, 0.25) is 5.02 Å². The first kappa shape index (κ1) is 17.3. The van der Waals surface area contributed by atoms with Crippen LogP contribution in [0, 0.1) is 5.82 Å². The third-order valence-corrected chi connectivity index (χ3v) is 5.40. The minimum atomic E-state index is -0.247. The Labute approximate surface area is 165 Å². The zero-order chi connectivity index (χ0) is 19.3. The predicted octanol–water partition coefficient (Wildman–Crippen LogP) is 4.91. The zero-order valence-corrected chi connectivity index (χ0v) is 15.7. The number of H-pyrrole nitrogens is 1. The molecule has 0 spiro atoms. The van der Waals surface area contributed by atoms with Crippen molar-refractivity contribution < 1.29 is 9.50 Å². The molecule has 1 aliphatic carbocycles. The number of hydrogen-bond acceptors (Lipinski definition) is 3. The van der Waals surface area contributed by atoms with Crippen molar-refractivity contribution in [3.05, 3.63) is 70.1 Å². The van der Waals surface area contributed by atoms with Gasteiger partial charge in [-0.1, -0.05) is 23.7 Å². The second-order valence-electron chi connectivity index (χ2n) is 7.22. The second-order valence-corrected chi connectivity index (χ2v) is 7.66. The number of benzene rings is 2. The molecule has 5 rings (SSSR count). The molecule has 5 nitrogen and oxygen atoms in total. The summed E-state index contributed by atoms with van der Waals surface area (Å²) in [6.45, 7) is 0. The van der Waals surface area contributed by atoms with Gasteiger partial charge in [0.2, 0.25) is 11.8 Å². The zero-order valence-electron chi connectivity index (χ0n) is 15.0. The van der Waals surface area contributed by atoms with E-state index in [-0.39, 0.29) is 11.7 Å². The fourth-order valence-electron chi connectivity index (χ4n) is 3.52. The third kappa shape index (κ3) is 3.14. The number of aromatic nitrogens is 4. The van der Waals surface area contributed by atoms with Crippen LogP contribution in [0.25, 0.3) is 17.0 Å². The Kier molecular flexibility index (Phi) is 4.09. The van der Waals surface area contributed by atoms with Gasteiger partial charge in [0.1, 0.15) is 5.82 Å². The molecule has 0 bridgehead atoms. The van der Waals surface area contributed by atoms with Gasteiger partial charge < -0.3 is 10.1 Å². The molecule has 0 atom stereocenters. The van der Waals surface area contributed by atoms with Gasteiger partial charge in [-0.15, -0.1) is 0 Å². The van der Waals surface area contributed by atoms with Gasteiger partial charge in [0.05, 0.1) is 16.7 Å². The fraction of sp³-hybridized carbons (Fsp3) is 0.238. The number of aryl methyl sites for hydroxylation is 1. The Morgan fingerprint density at radius 1 is 1.14 bits per heavy atom. The highest BCUT2D eigenvalue weighted by molar-refractivity contribution is 6.31. The average molecular weight is 397 g/mol. The van der Waals surface area contributed by atoms with Gasteiger partial charge in [-0.2, -0.15) is 9.78 Å². The Morgan fingerprint density at radius 3 is 2.68 bits per heavy atom. The lowest BCUT2D eigenvalue weighted by Gasteiger charge is -2.03. The van der Waals surface area contributed by atoms with Crippen molar-refractivity contribution in [3.8, 4) is 11.8 Å². The Balaban J connectivity index is 1.50. The van der Waals surface area contributed by atoms with E-state index in [1.807, 2.05) is 6.07 Å². The van der Waals surface area contributed by atoms with E-state index in [0.29, 0.717) is 29.7 Å². The van der Waals surface area contributed by atoms with Crippen LogP contribution in [0.15, 0.2) is 42.5 Å². The maximum Gasteiger partial charge on any atom is 0.232 e. The summed E-state index contributed by atoms with van der Waals surface area (Å²) >= 11 is 6.04. The highest BCUT2D eigenvalue weighted by atomic mass is 35.5. The van der Waals surface area contributed by atoms with Crippen molar-refractivity contribution in [2.24, 2.45) is 0 Å². The molecule has 1 aliphatic rings. The molecule has 0 aliphatic heterocycles. The fourth-order valence-corrected chi connectivity index (χ4v) is 3.68. The number of aromatic amines is 1. The molecular formula is C21H18ClFN4O. The van der Waals surface area contributed by atoms with Gasteiger partial charge in [-0.05, 0) is 61.6 Å². The first-order chi connectivity index (χ1) is 13.6. The first-order valence-corrected chi connectivity index (χ1v) is 9.67. The second kappa shape index (κ2) is 6.63. The number of hydrogen-bond donors (Lipinski definition) is 2. The van der Waals surface area contributed by atoms with E-state index in [9.17, 15) is 9.50 Å². The van der Waals surface area contributed by atoms with Gasteiger partial charge in [-0.25, -0.2) is 9.37 Å². The van der Waals surface area contributed by atoms with Crippen LogP contribution >= 0.6 is 11.6 Å². The largest absolute Gasteiger partial charge is 0.493 e. The topological polar surface area (TPSA) is 66.7 Å². The molecule has 1 fully saturated rings. The summed E-state index contributed by atoms with van der Waals surface area (Å²) in [6, 6.07) is 11.9. The highest BCUT2D eigenvalue weighted by Crippen LogP contribution is 2.43. The number of nitrogens with one attached hydrogen (secondary N) is 1. The molecule has 142 valence electrons. The van der Waals surface area contributed by atoms with Crippen molar-refractivity contribution in [1.29, 1.82) is 0 Å². The van der Waals surface area contributed by atoms with Crippen LogP contribution in [0.3, 0.4) is 0 Å². The first-order valence-electron chi connectivity index (χ1n) is 9.29. The van der Waals surface area contributed by atoms with Gasteiger partial charge in [0.25, 0.3) is 0 Å². The van der Waals surface area contributed by atoms with Crippen LogP contribution in [0.4, 0.5) is 4.39 Å². The molecule has 2 aromatic carbocycles. The van der Waals surface area contributed by atoms with Crippen molar-refractivity contribution in [3.63, 3.8) is 0 Å². The summed E-state index contributed by atoms with van der Waals surface area (Å²) in [4.78, 5) is 7.71. The maximum atomic E-state index is 13.1. The quantitative estimate of drug-likeness (QED) is 0.503. The van der Waals surface area contributed by atoms with Crippen LogP contribution in [0.5, 0.6) is 5.88 Å². The molecule has 0 unspecified atom stereocenters. The smallest absolute Gasteiger partial charge is 0.232 e. The van der Waals surface area contributed by atoms with Crippen molar-refractivity contribution >= 4 is 22.6 Å². The van der Waals surface area contributed by atoms with Crippen LogP contribution in [-0.2, 0) is 12.8 Å². The molecule has 7 heteroatoms. The van der Waals surface area contributed by atoms with Crippen molar-refractivity contribution in [1.82, 2.24) is 19.7 Å². The average Bonchev–Trinajstić information content (AvgIpc) is 3.36. The summed E-state index contributed by atoms with van der Waals surface area (Å²) in [7, 11) is 0. The van der Waals surface area contributed by atoms with Gasteiger partial charge >= 0.3 is 0 Å². The minimum absolute atomic E-state index is 0.106. The van der Waals surface area contributed by atoms with Gasteiger partial charge in [0.15, 0.2) is 0 Å². The monoisotopic (exact) mass is 396 g/mol. The molecule has 28 heavy (non-hydrogen) atoms. The lowest BCUT2D eigenvalue weighted by molar-refractivity contribution is 0.425. The highest BCUT2D eigenvalue weighted by Gasteiger charge is 2.32. The maximum absolute atomic E-state index is 13.1. The molecule has 0 saturated heterocycles. The Hall–Kier alpha value is -2.86. The third-order valence-electron chi connectivity index (χ3n) is 5.16. The number of aromatic hydroxyl groups is 1. The minimum Gasteiger partial charge on any atom is -0.493 e. The molecule has 2 N–H and O–H groups in total. The number of imidazole rings is 1. The molecular weight excluding hydrogens is 379 g/mol. The summed E-state index contributed by atoms with van der Waals surface area (Å²) in [5, 5.41) is 16.2. The summed E-state index contributed by atoms with van der Waals surface area (Å²) < 4.78 is 14.6. The van der Waals surface area contributed by atoms with E-state index < -0.39 is 0 Å². The molecule has 2 heterocycles. The lowest BCUT2D eigenvalue weighted by atomic mass is 10.0. The van der Waals surface area contributed by atoms with E-state index in [2.05, 4.69) is 15.1 Å². The van der Waals surface area contributed by atoms with E-state index in [1.54, 1.807) is 24.3 Å². The van der Waals surface area contributed by atoms with Crippen LogP contribution in [0.1, 0.15) is 35.6 Å². The standard InChI is InChI=1S/C21H18ClFN4O/c22-14-6-10-17-18(11-14)25-21(24-17)27-20(28)16(19(26-27)13-4-5-13)9-3-12-1-7-15(23)8-2-12/h1-2,6-8,10-11,13,28H,3-5,9H2,(H,24,25). The summed E-state index contributed by atoms with van der Waals surface area (Å²) in [5.41, 5.74) is 4.34. The van der Waals surface area contributed by atoms with E-state index in [0.717, 1.165) is 40.7 Å². The van der Waals surface area contributed by atoms with Crippen molar-refractivity contribution in [2.75, 3.05) is 0 Å². The molecule has 1 saturated carbocycles. The molecule has 0 radical (unpaired) electrons. The van der Waals surface area contributed by atoms with Gasteiger partial charge in [0, 0.05) is 16.5 Å². The Morgan fingerprint density at radius 2 is 1.93 bits per heavy atom. The number of rotatable bonds is 5. The van der Waals surface area contributed by atoms with Crippen molar-refractivity contribution in [2.45, 2.75) is 31.6 Å². The number of nitrogens with zero attached hydrogens (tertiary/aromatic N) is 3. The predicted molar refractivity (Wildman–Crippen MR) is 106 cm³/mol. The van der Waals surface area contributed by atoms with Crippen LogP contribution in [-0.4, -0.2) is 24.9 Å².